The summed E-state index contributed by atoms with van der Waals surface area (Å²) in [4.78, 5) is 13.5. The Kier molecular flexibility index (Phi) is 4.95. The van der Waals surface area contributed by atoms with Crippen LogP contribution in [0.1, 0.15) is 18.9 Å². The van der Waals surface area contributed by atoms with Gasteiger partial charge in [-0.05, 0) is 48.7 Å². The minimum absolute atomic E-state index is 0.0552. The maximum Gasteiger partial charge on any atom is 0.261 e. The Morgan fingerprint density at radius 3 is 2.68 bits per heavy atom. The van der Waals surface area contributed by atoms with Crippen LogP contribution in [-0.2, 0) is 21.2 Å². The second-order valence-corrected chi connectivity index (χ2v) is 8.24. The van der Waals surface area contributed by atoms with Gasteiger partial charge in [0.1, 0.15) is 0 Å². The molecular formula is C17H16Cl2N2O3S. The van der Waals surface area contributed by atoms with E-state index >= 15 is 0 Å². The first kappa shape index (κ1) is 18.0. The monoisotopic (exact) mass is 398 g/mol. The molecule has 0 aliphatic carbocycles. The van der Waals surface area contributed by atoms with Crippen molar-refractivity contribution in [1.82, 2.24) is 0 Å². The number of carbonyl (C=O) groups excluding carboxylic acids is 1. The predicted octanol–water partition coefficient (Wildman–Crippen LogP) is 4.09. The van der Waals surface area contributed by atoms with Crippen molar-refractivity contribution >= 4 is 50.5 Å². The molecule has 5 nitrogen and oxygen atoms in total. The number of hydrogen-bond donors (Lipinski definition) is 1. The molecule has 1 aliphatic rings. The zero-order valence-corrected chi connectivity index (χ0v) is 15.7. The normalized spacial score (nSPS) is 14.1. The van der Waals surface area contributed by atoms with Crippen molar-refractivity contribution < 1.29 is 13.2 Å². The average Bonchev–Trinajstić information content (AvgIpc) is 2.57. The zero-order chi connectivity index (χ0) is 18.2. The second kappa shape index (κ2) is 6.86. The number of hydrogen-bond acceptors (Lipinski definition) is 3. The van der Waals surface area contributed by atoms with E-state index in [0.717, 1.165) is 24.1 Å². The van der Waals surface area contributed by atoms with E-state index in [2.05, 4.69) is 4.72 Å². The summed E-state index contributed by atoms with van der Waals surface area (Å²) in [6, 6.07) is 9.50. The van der Waals surface area contributed by atoms with Crippen LogP contribution < -0.4 is 9.62 Å². The predicted molar refractivity (Wildman–Crippen MR) is 100 cm³/mol. The highest BCUT2D eigenvalue weighted by Gasteiger charge is 2.23. The molecule has 0 bridgehead atoms. The van der Waals surface area contributed by atoms with Crippen LogP contribution in [0.4, 0.5) is 11.4 Å². The highest BCUT2D eigenvalue weighted by molar-refractivity contribution is 7.92. The molecule has 1 aliphatic heterocycles. The van der Waals surface area contributed by atoms with E-state index in [0.29, 0.717) is 6.54 Å². The summed E-state index contributed by atoms with van der Waals surface area (Å²) >= 11 is 12.0. The number of amides is 1. The minimum Gasteiger partial charge on any atom is -0.312 e. The molecule has 2 aromatic rings. The number of aryl methyl sites for hydroxylation is 1. The highest BCUT2D eigenvalue weighted by atomic mass is 35.5. The van der Waals surface area contributed by atoms with Gasteiger partial charge >= 0.3 is 0 Å². The van der Waals surface area contributed by atoms with Crippen molar-refractivity contribution in [1.29, 1.82) is 0 Å². The van der Waals surface area contributed by atoms with E-state index in [4.69, 9.17) is 23.2 Å². The molecule has 0 unspecified atom stereocenters. The summed E-state index contributed by atoms with van der Waals surface area (Å²) in [5, 5.41) is 0.415. The van der Waals surface area contributed by atoms with Gasteiger partial charge in [-0.2, -0.15) is 0 Å². The third-order valence-corrected chi connectivity index (χ3v) is 6.24. The second-order valence-electron chi connectivity index (χ2n) is 5.77. The Labute approximate surface area is 156 Å². The van der Waals surface area contributed by atoms with Gasteiger partial charge in [0.2, 0.25) is 5.91 Å². The van der Waals surface area contributed by atoms with Crippen molar-refractivity contribution in [2.75, 3.05) is 16.2 Å². The van der Waals surface area contributed by atoms with Crippen LogP contribution in [0.2, 0.25) is 10.0 Å². The van der Waals surface area contributed by atoms with Gasteiger partial charge in [-0.25, -0.2) is 8.42 Å². The van der Waals surface area contributed by atoms with Gasteiger partial charge in [-0.1, -0.05) is 29.3 Å². The van der Waals surface area contributed by atoms with E-state index in [9.17, 15) is 13.2 Å². The van der Waals surface area contributed by atoms with E-state index in [1.54, 1.807) is 35.2 Å². The molecule has 25 heavy (non-hydrogen) atoms. The lowest BCUT2D eigenvalue weighted by molar-refractivity contribution is -0.116. The quantitative estimate of drug-likeness (QED) is 0.846. The standard InChI is InChI=1S/C17H16Cl2N2O3S/c1-11(22)21-9-3-4-12-10-13(7-8-16(12)21)25(23,24)20-15-6-2-5-14(18)17(15)19/h2,5-8,10,20H,3-4,9H2,1H3. The lowest BCUT2D eigenvalue weighted by atomic mass is 10.0. The molecule has 0 aromatic heterocycles. The van der Waals surface area contributed by atoms with E-state index in [-0.39, 0.29) is 26.5 Å². The lowest BCUT2D eigenvalue weighted by Gasteiger charge is -2.28. The van der Waals surface area contributed by atoms with Crippen LogP contribution in [0.5, 0.6) is 0 Å². The van der Waals surface area contributed by atoms with Crippen LogP contribution in [0.25, 0.3) is 0 Å². The van der Waals surface area contributed by atoms with Gasteiger partial charge in [-0.3, -0.25) is 9.52 Å². The van der Waals surface area contributed by atoms with Crippen molar-refractivity contribution in [2.24, 2.45) is 0 Å². The molecule has 0 saturated carbocycles. The molecular weight excluding hydrogens is 383 g/mol. The largest absolute Gasteiger partial charge is 0.312 e. The third-order valence-electron chi connectivity index (χ3n) is 4.06. The highest BCUT2D eigenvalue weighted by Crippen LogP contribution is 2.33. The smallest absolute Gasteiger partial charge is 0.261 e. The molecule has 0 radical (unpaired) electrons. The summed E-state index contributed by atoms with van der Waals surface area (Å²) in [7, 11) is -3.82. The fraction of sp³-hybridized carbons (Fsp3) is 0.235. The number of nitrogens with one attached hydrogen (secondary N) is 1. The Bertz CT molecular complexity index is 945. The number of fused-ring (bicyclic) bond motifs is 1. The molecule has 0 fully saturated rings. The fourth-order valence-corrected chi connectivity index (χ4v) is 4.38. The molecule has 132 valence electrons. The summed E-state index contributed by atoms with van der Waals surface area (Å²) in [5.41, 5.74) is 1.82. The number of nitrogens with zero attached hydrogens (tertiary/aromatic N) is 1. The average molecular weight is 399 g/mol. The summed E-state index contributed by atoms with van der Waals surface area (Å²) in [6.07, 6.45) is 1.52. The Morgan fingerprint density at radius 1 is 1.20 bits per heavy atom. The number of benzene rings is 2. The van der Waals surface area contributed by atoms with Crippen molar-refractivity contribution in [3.05, 3.63) is 52.0 Å². The van der Waals surface area contributed by atoms with Crippen LogP contribution in [-0.4, -0.2) is 20.9 Å². The van der Waals surface area contributed by atoms with Crippen molar-refractivity contribution in [3.8, 4) is 0 Å². The molecule has 2 aromatic carbocycles. The zero-order valence-electron chi connectivity index (χ0n) is 13.4. The maximum absolute atomic E-state index is 12.7. The fourth-order valence-electron chi connectivity index (χ4n) is 2.85. The summed E-state index contributed by atoms with van der Waals surface area (Å²) < 4.78 is 27.8. The van der Waals surface area contributed by atoms with Crippen LogP contribution in [0.15, 0.2) is 41.3 Å². The molecule has 0 atom stereocenters. The van der Waals surface area contributed by atoms with Gasteiger partial charge in [0.25, 0.3) is 10.0 Å². The Morgan fingerprint density at radius 2 is 1.96 bits per heavy atom. The van der Waals surface area contributed by atoms with Gasteiger partial charge in [0, 0.05) is 19.2 Å². The van der Waals surface area contributed by atoms with Crippen LogP contribution in [0.3, 0.4) is 0 Å². The van der Waals surface area contributed by atoms with Crippen molar-refractivity contribution in [2.45, 2.75) is 24.7 Å². The Hall–Kier alpha value is -1.76. The number of rotatable bonds is 3. The van der Waals surface area contributed by atoms with Gasteiger partial charge in [-0.15, -0.1) is 0 Å². The molecule has 1 amide bonds. The number of anilines is 2. The van der Waals surface area contributed by atoms with E-state index < -0.39 is 10.0 Å². The molecule has 0 saturated heterocycles. The molecule has 8 heteroatoms. The van der Waals surface area contributed by atoms with Crippen LogP contribution >= 0.6 is 23.2 Å². The topological polar surface area (TPSA) is 66.5 Å². The third kappa shape index (κ3) is 3.61. The number of sulfonamides is 1. The first-order valence-electron chi connectivity index (χ1n) is 7.67. The summed E-state index contributed by atoms with van der Waals surface area (Å²) in [6.45, 7) is 2.15. The molecule has 1 N–H and O–H groups in total. The van der Waals surface area contributed by atoms with E-state index in [1.165, 1.54) is 13.0 Å². The molecule has 0 spiro atoms. The first-order chi connectivity index (χ1) is 11.8. The van der Waals surface area contributed by atoms with Crippen molar-refractivity contribution in [3.63, 3.8) is 0 Å². The lowest BCUT2D eigenvalue weighted by Crippen LogP contribution is -2.33. The van der Waals surface area contributed by atoms with Gasteiger partial charge in [0.15, 0.2) is 0 Å². The minimum atomic E-state index is -3.82. The molecule has 1 heterocycles. The number of halogens is 2. The van der Waals surface area contributed by atoms with Crippen LogP contribution in [0, 0.1) is 0 Å². The maximum atomic E-state index is 12.7. The first-order valence-corrected chi connectivity index (χ1v) is 9.91. The molecule has 3 rings (SSSR count). The summed E-state index contributed by atoms with van der Waals surface area (Å²) in [5.74, 6) is -0.0552. The Balaban J connectivity index is 1.96. The number of carbonyl (C=O) groups is 1. The van der Waals surface area contributed by atoms with E-state index in [1.807, 2.05) is 0 Å². The van der Waals surface area contributed by atoms with Gasteiger partial charge in [0.05, 0.1) is 20.6 Å². The van der Waals surface area contributed by atoms with Gasteiger partial charge < -0.3 is 4.90 Å². The SMILES string of the molecule is CC(=O)N1CCCc2cc(S(=O)(=O)Nc3cccc(Cl)c3Cl)ccc21.